The van der Waals surface area contributed by atoms with Crippen LogP contribution in [0.3, 0.4) is 0 Å². The Balaban J connectivity index is 1.62. The Hall–Kier alpha value is -1.13. The highest BCUT2D eigenvalue weighted by Crippen LogP contribution is 2.36. The Kier molecular flexibility index (Phi) is 4.99. The lowest BCUT2D eigenvalue weighted by atomic mass is 10.1. The monoisotopic (exact) mass is 336 g/mol. The molecule has 1 aromatic carbocycles. The van der Waals surface area contributed by atoms with Crippen molar-refractivity contribution in [3.63, 3.8) is 0 Å². The zero-order valence-corrected chi connectivity index (χ0v) is 14.3. The minimum atomic E-state index is 0.310. The van der Waals surface area contributed by atoms with E-state index in [4.69, 9.17) is 11.6 Å². The van der Waals surface area contributed by atoms with Crippen LogP contribution in [0.4, 0.5) is 0 Å². The van der Waals surface area contributed by atoms with Crippen molar-refractivity contribution in [2.24, 2.45) is 0 Å². The average Bonchev–Trinajstić information content (AvgIpc) is 2.90. The molecule has 1 saturated heterocycles. The molecule has 5 heteroatoms. The third kappa shape index (κ3) is 3.44. The number of H-pyrrole nitrogens is 1. The third-order valence-corrected chi connectivity index (χ3v) is 5.79. The SMILES string of the molecule is CCCC(=O)N1CCC(Sc2c[nH]c3ccc(Cl)cc23)CC1. The fourth-order valence-electron chi connectivity index (χ4n) is 2.94. The van der Waals surface area contributed by atoms with E-state index in [1.54, 1.807) is 0 Å². The van der Waals surface area contributed by atoms with Gasteiger partial charge in [0, 0.05) is 51.8 Å². The molecule has 1 aromatic heterocycles. The van der Waals surface area contributed by atoms with E-state index >= 15 is 0 Å². The Labute approximate surface area is 140 Å². The van der Waals surface area contributed by atoms with Crippen LogP contribution in [-0.4, -0.2) is 34.1 Å². The van der Waals surface area contributed by atoms with Crippen LogP contribution in [0.15, 0.2) is 29.3 Å². The first-order valence-electron chi connectivity index (χ1n) is 7.88. The molecule has 0 saturated carbocycles. The molecule has 0 radical (unpaired) electrons. The fourth-order valence-corrected chi connectivity index (χ4v) is 4.34. The first-order valence-corrected chi connectivity index (χ1v) is 9.14. The van der Waals surface area contributed by atoms with Gasteiger partial charge in [-0.2, -0.15) is 0 Å². The molecule has 1 aliphatic rings. The van der Waals surface area contributed by atoms with Gasteiger partial charge in [-0.3, -0.25) is 4.79 Å². The van der Waals surface area contributed by atoms with Crippen molar-refractivity contribution in [1.82, 2.24) is 9.88 Å². The topological polar surface area (TPSA) is 36.1 Å². The van der Waals surface area contributed by atoms with Gasteiger partial charge in [-0.05, 0) is 37.5 Å². The van der Waals surface area contributed by atoms with Crippen molar-refractivity contribution in [3.8, 4) is 0 Å². The maximum Gasteiger partial charge on any atom is 0.222 e. The maximum atomic E-state index is 11.9. The lowest BCUT2D eigenvalue weighted by molar-refractivity contribution is -0.132. The summed E-state index contributed by atoms with van der Waals surface area (Å²) in [6.07, 6.45) is 5.81. The van der Waals surface area contributed by atoms with Gasteiger partial charge in [-0.25, -0.2) is 0 Å². The number of piperidine rings is 1. The first-order chi connectivity index (χ1) is 10.7. The number of carbonyl (C=O) groups excluding carboxylic acids is 1. The molecule has 1 fully saturated rings. The van der Waals surface area contributed by atoms with E-state index in [0.29, 0.717) is 17.6 Å². The normalized spacial score (nSPS) is 16.4. The van der Waals surface area contributed by atoms with E-state index in [1.165, 1.54) is 10.3 Å². The third-order valence-electron chi connectivity index (χ3n) is 4.16. The maximum absolute atomic E-state index is 11.9. The molecule has 0 unspecified atom stereocenters. The zero-order chi connectivity index (χ0) is 15.5. The van der Waals surface area contributed by atoms with Crippen LogP contribution >= 0.6 is 23.4 Å². The van der Waals surface area contributed by atoms with Gasteiger partial charge in [0.1, 0.15) is 0 Å². The number of thioether (sulfide) groups is 1. The van der Waals surface area contributed by atoms with Gasteiger partial charge < -0.3 is 9.88 Å². The molecule has 3 nitrogen and oxygen atoms in total. The lowest BCUT2D eigenvalue weighted by Crippen LogP contribution is -2.39. The van der Waals surface area contributed by atoms with Crippen molar-refractivity contribution in [3.05, 3.63) is 29.4 Å². The molecule has 2 aromatic rings. The molecule has 1 aliphatic heterocycles. The smallest absolute Gasteiger partial charge is 0.222 e. The second kappa shape index (κ2) is 6.97. The first kappa shape index (κ1) is 15.8. The summed E-state index contributed by atoms with van der Waals surface area (Å²) in [5.41, 5.74) is 1.13. The number of nitrogens with zero attached hydrogens (tertiary/aromatic N) is 1. The molecule has 0 atom stereocenters. The summed E-state index contributed by atoms with van der Waals surface area (Å²) in [5.74, 6) is 0.310. The molecule has 0 aliphatic carbocycles. The predicted molar refractivity (Wildman–Crippen MR) is 93.7 cm³/mol. The van der Waals surface area contributed by atoms with Crippen LogP contribution in [0.2, 0.25) is 5.02 Å². The van der Waals surface area contributed by atoms with E-state index < -0.39 is 0 Å². The number of amides is 1. The summed E-state index contributed by atoms with van der Waals surface area (Å²) < 4.78 is 0. The Morgan fingerprint density at radius 2 is 2.18 bits per heavy atom. The van der Waals surface area contributed by atoms with E-state index in [9.17, 15) is 4.79 Å². The number of halogens is 1. The van der Waals surface area contributed by atoms with Crippen LogP contribution in [0.5, 0.6) is 0 Å². The molecule has 3 rings (SSSR count). The lowest BCUT2D eigenvalue weighted by Gasteiger charge is -2.31. The van der Waals surface area contributed by atoms with Crippen molar-refractivity contribution < 1.29 is 4.79 Å². The highest BCUT2D eigenvalue weighted by molar-refractivity contribution is 8.00. The summed E-state index contributed by atoms with van der Waals surface area (Å²) in [7, 11) is 0. The molecule has 0 bridgehead atoms. The van der Waals surface area contributed by atoms with Gasteiger partial charge >= 0.3 is 0 Å². The zero-order valence-electron chi connectivity index (χ0n) is 12.8. The minimum Gasteiger partial charge on any atom is -0.360 e. The van der Waals surface area contributed by atoms with E-state index in [0.717, 1.165) is 42.9 Å². The van der Waals surface area contributed by atoms with Gasteiger partial charge in [-0.1, -0.05) is 18.5 Å². The largest absolute Gasteiger partial charge is 0.360 e. The number of likely N-dealkylation sites (tertiary alicyclic amines) is 1. The van der Waals surface area contributed by atoms with Crippen LogP contribution in [0.25, 0.3) is 10.9 Å². The van der Waals surface area contributed by atoms with E-state index in [1.807, 2.05) is 34.9 Å². The van der Waals surface area contributed by atoms with Crippen LogP contribution < -0.4 is 0 Å². The van der Waals surface area contributed by atoms with E-state index in [2.05, 4.69) is 18.1 Å². The number of carbonyl (C=O) groups is 1. The molecular weight excluding hydrogens is 316 g/mol. The molecule has 0 spiro atoms. The molecule has 2 heterocycles. The van der Waals surface area contributed by atoms with Crippen molar-refractivity contribution in [1.29, 1.82) is 0 Å². The second-order valence-electron chi connectivity index (χ2n) is 5.79. The number of rotatable bonds is 4. The average molecular weight is 337 g/mol. The summed E-state index contributed by atoms with van der Waals surface area (Å²) >= 11 is 8.02. The fraction of sp³-hybridized carbons (Fsp3) is 0.471. The van der Waals surface area contributed by atoms with Crippen molar-refractivity contribution in [2.45, 2.75) is 42.8 Å². The van der Waals surface area contributed by atoms with Crippen LogP contribution in [-0.2, 0) is 4.79 Å². The van der Waals surface area contributed by atoms with Gasteiger partial charge in [0.25, 0.3) is 0 Å². The number of hydrogen-bond acceptors (Lipinski definition) is 2. The van der Waals surface area contributed by atoms with Crippen LogP contribution in [0.1, 0.15) is 32.6 Å². The van der Waals surface area contributed by atoms with Gasteiger partial charge in [0.15, 0.2) is 0 Å². The Bertz CT molecular complexity index is 662. The number of hydrogen-bond donors (Lipinski definition) is 1. The van der Waals surface area contributed by atoms with Gasteiger partial charge in [-0.15, -0.1) is 11.8 Å². The summed E-state index contributed by atoms with van der Waals surface area (Å²) in [6.45, 7) is 3.84. The summed E-state index contributed by atoms with van der Waals surface area (Å²) in [4.78, 5) is 18.5. The van der Waals surface area contributed by atoms with Crippen LogP contribution in [0, 0.1) is 0 Å². The highest BCUT2D eigenvalue weighted by Gasteiger charge is 2.23. The van der Waals surface area contributed by atoms with Crippen molar-refractivity contribution in [2.75, 3.05) is 13.1 Å². The Morgan fingerprint density at radius 3 is 2.91 bits per heavy atom. The minimum absolute atomic E-state index is 0.310. The number of fused-ring (bicyclic) bond motifs is 1. The number of aromatic amines is 1. The number of benzene rings is 1. The number of aromatic nitrogens is 1. The van der Waals surface area contributed by atoms with Crippen molar-refractivity contribution >= 4 is 40.2 Å². The second-order valence-corrected chi connectivity index (χ2v) is 7.57. The quantitative estimate of drug-likeness (QED) is 0.878. The van der Waals surface area contributed by atoms with Gasteiger partial charge in [0.05, 0.1) is 0 Å². The standard InChI is InChI=1S/C17H21ClN2OS/c1-2-3-17(21)20-8-6-13(7-9-20)22-16-11-19-15-5-4-12(18)10-14(15)16/h4-5,10-11,13,19H,2-3,6-9H2,1H3. The van der Waals surface area contributed by atoms with Gasteiger partial charge in [0.2, 0.25) is 5.91 Å². The number of nitrogens with one attached hydrogen (secondary N) is 1. The summed E-state index contributed by atoms with van der Waals surface area (Å²) in [6, 6.07) is 5.95. The highest BCUT2D eigenvalue weighted by atomic mass is 35.5. The molecule has 118 valence electrons. The predicted octanol–water partition coefficient (Wildman–Crippen LogP) is 4.70. The molecule has 1 amide bonds. The van der Waals surface area contributed by atoms with E-state index in [-0.39, 0.29) is 0 Å². The summed E-state index contributed by atoms with van der Waals surface area (Å²) in [5, 5.41) is 2.54. The molecule has 1 N–H and O–H groups in total. The Morgan fingerprint density at radius 1 is 1.41 bits per heavy atom. The molecule has 22 heavy (non-hydrogen) atoms. The molecular formula is C17H21ClN2OS.